The number of hydrogen-bond acceptors (Lipinski definition) is 2. The first kappa shape index (κ1) is 16.0. The fourth-order valence-electron chi connectivity index (χ4n) is 1.82. The number of hydrogen-bond donors (Lipinski definition) is 2. The number of carbonyl (C=O) groups is 2. The van der Waals surface area contributed by atoms with E-state index in [0.717, 1.165) is 12.1 Å². The van der Waals surface area contributed by atoms with Crippen molar-refractivity contribution in [3.63, 3.8) is 0 Å². The molecular weight excluding hydrogens is 256 g/mol. The highest BCUT2D eigenvalue weighted by Gasteiger charge is 2.13. The van der Waals surface area contributed by atoms with Crippen molar-refractivity contribution in [3.8, 4) is 0 Å². The molecule has 110 valence electrons. The number of aryl methyl sites for hydroxylation is 1. The summed E-state index contributed by atoms with van der Waals surface area (Å²) in [7, 11) is 1.69. The van der Waals surface area contributed by atoms with Gasteiger partial charge in [-0.05, 0) is 30.0 Å². The molecule has 0 bridgehead atoms. The predicted molar refractivity (Wildman–Crippen MR) is 79.0 cm³/mol. The molecule has 1 rings (SSSR count). The van der Waals surface area contributed by atoms with Gasteiger partial charge in [-0.25, -0.2) is 4.79 Å². The van der Waals surface area contributed by atoms with E-state index in [1.807, 2.05) is 24.3 Å². The lowest BCUT2D eigenvalue weighted by Crippen LogP contribution is -2.39. The minimum absolute atomic E-state index is 0.0508. The predicted octanol–water partition coefficient (Wildman–Crippen LogP) is 2.51. The van der Waals surface area contributed by atoms with Crippen LogP contribution in [0.1, 0.15) is 25.8 Å². The second-order valence-corrected chi connectivity index (χ2v) is 4.97. The summed E-state index contributed by atoms with van der Waals surface area (Å²) < 4.78 is 0. The van der Waals surface area contributed by atoms with Crippen molar-refractivity contribution in [1.82, 2.24) is 5.32 Å². The van der Waals surface area contributed by atoms with Crippen LogP contribution in [0.4, 0.5) is 10.5 Å². The Bertz CT molecular complexity index is 457. The lowest BCUT2D eigenvalue weighted by molar-refractivity contribution is -0.137. The smallest absolute Gasteiger partial charge is 0.321 e. The average molecular weight is 278 g/mol. The first-order valence-corrected chi connectivity index (χ1v) is 6.76. The number of carboxylic acids is 1. The monoisotopic (exact) mass is 278 g/mol. The largest absolute Gasteiger partial charge is 0.481 e. The third-order valence-electron chi connectivity index (χ3n) is 3.16. The van der Waals surface area contributed by atoms with Crippen molar-refractivity contribution in [1.29, 1.82) is 0 Å². The second kappa shape index (κ2) is 7.53. The molecule has 0 aliphatic carbocycles. The third-order valence-corrected chi connectivity index (χ3v) is 3.16. The molecule has 0 aliphatic rings. The van der Waals surface area contributed by atoms with E-state index < -0.39 is 5.97 Å². The molecule has 0 fully saturated rings. The number of nitrogens with one attached hydrogen (secondary N) is 1. The second-order valence-electron chi connectivity index (χ2n) is 4.97. The van der Waals surface area contributed by atoms with Crippen LogP contribution in [0.5, 0.6) is 0 Å². The van der Waals surface area contributed by atoms with Gasteiger partial charge in [-0.1, -0.05) is 26.0 Å². The molecule has 0 heterocycles. The van der Waals surface area contributed by atoms with E-state index in [2.05, 4.69) is 12.2 Å². The maximum Gasteiger partial charge on any atom is 0.321 e. The molecule has 1 atom stereocenters. The zero-order chi connectivity index (χ0) is 15.1. The quantitative estimate of drug-likeness (QED) is 0.840. The summed E-state index contributed by atoms with van der Waals surface area (Å²) in [5.41, 5.74) is 2.03. The maximum atomic E-state index is 12.0. The van der Waals surface area contributed by atoms with E-state index in [4.69, 9.17) is 5.11 Å². The Hall–Kier alpha value is -2.04. The van der Waals surface area contributed by atoms with Crippen molar-refractivity contribution in [2.24, 2.45) is 5.92 Å². The van der Waals surface area contributed by atoms with Crippen LogP contribution in [0.25, 0.3) is 0 Å². The highest BCUT2D eigenvalue weighted by atomic mass is 16.4. The fourth-order valence-corrected chi connectivity index (χ4v) is 1.82. The van der Waals surface area contributed by atoms with Crippen LogP contribution in [0.3, 0.4) is 0 Å². The normalized spacial score (nSPS) is 11.8. The summed E-state index contributed by atoms with van der Waals surface area (Å²) >= 11 is 0. The summed E-state index contributed by atoms with van der Waals surface area (Å²) in [6.07, 6.45) is 1.01. The first-order valence-electron chi connectivity index (χ1n) is 6.76. The molecule has 1 aromatic carbocycles. The molecular formula is C15H22N2O3. The molecule has 0 aromatic heterocycles. The van der Waals surface area contributed by atoms with Gasteiger partial charge in [0.2, 0.25) is 0 Å². The van der Waals surface area contributed by atoms with E-state index >= 15 is 0 Å². The van der Waals surface area contributed by atoms with Gasteiger partial charge >= 0.3 is 12.0 Å². The van der Waals surface area contributed by atoms with Gasteiger partial charge in [0.15, 0.2) is 0 Å². The Kier molecular flexibility index (Phi) is 6.03. The van der Waals surface area contributed by atoms with Gasteiger partial charge in [-0.3, -0.25) is 9.69 Å². The number of amides is 2. The number of aliphatic carboxylic acids is 1. The summed E-state index contributed by atoms with van der Waals surface area (Å²) in [6.45, 7) is 4.22. The molecule has 0 aliphatic heterocycles. The van der Waals surface area contributed by atoms with Gasteiger partial charge < -0.3 is 10.4 Å². The molecule has 5 nitrogen and oxygen atoms in total. The van der Waals surface area contributed by atoms with Gasteiger partial charge in [0, 0.05) is 25.7 Å². The lowest BCUT2D eigenvalue weighted by atomic mass is 10.1. The van der Waals surface area contributed by atoms with Crippen LogP contribution in [0.2, 0.25) is 0 Å². The van der Waals surface area contributed by atoms with Gasteiger partial charge in [0.25, 0.3) is 0 Å². The molecule has 0 saturated carbocycles. The number of carboxylic acid groups (broad SMARTS) is 1. The molecule has 1 aromatic rings. The molecule has 2 amide bonds. The van der Waals surface area contributed by atoms with E-state index in [0.29, 0.717) is 6.54 Å². The molecule has 5 heteroatoms. The van der Waals surface area contributed by atoms with Crippen LogP contribution >= 0.6 is 0 Å². The van der Waals surface area contributed by atoms with Gasteiger partial charge in [0.1, 0.15) is 0 Å². The average Bonchev–Trinajstić information content (AvgIpc) is 2.43. The molecule has 1 unspecified atom stereocenters. The number of rotatable bonds is 6. The number of urea groups is 1. The van der Waals surface area contributed by atoms with Crippen LogP contribution < -0.4 is 10.2 Å². The standard InChI is InChI=1S/C15H22N2O3/c1-4-12-5-7-13(8-6-12)17(3)15(20)16-10-11(2)9-14(18)19/h5-8,11H,4,9-10H2,1-3H3,(H,16,20)(H,18,19). The first-order chi connectivity index (χ1) is 9.43. The van der Waals surface area contributed by atoms with Crippen LogP contribution in [-0.2, 0) is 11.2 Å². The molecule has 20 heavy (non-hydrogen) atoms. The maximum absolute atomic E-state index is 12.0. The number of anilines is 1. The highest BCUT2D eigenvalue weighted by Crippen LogP contribution is 2.14. The minimum Gasteiger partial charge on any atom is -0.481 e. The summed E-state index contributed by atoms with van der Waals surface area (Å²) in [4.78, 5) is 24.0. The van der Waals surface area contributed by atoms with Crippen LogP contribution in [-0.4, -0.2) is 30.7 Å². The van der Waals surface area contributed by atoms with E-state index in [1.165, 1.54) is 10.5 Å². The zero-order valence-electron chi connectivity index (χ0n) is 12.2. The van der Waals surface area contributed by atoms with Crippen molar-refractivity contribution in [2.75, 3.05) is 18.5 Å². The van der Waals surface area contributed by atoms with E-state index in [-0.39, 0.29) is 18.4 Å². The Labute approximate surface area is 119 Å². The molecule has 2 N–H and O–H groups in total. The van der Waals surface area contributed by atoms with Crippen molar-refractivity contribution in [3.05, 3.63) is 29.8 Å². The highest BCUT2D eigenvalue weighted by molar-refractivity contribution is 5.91. The summed E-state index contributed by atoms with van der Waals surface area (Å²) in [6, 6.07) is 7.56. The topological polar surface area (TPSA) is 69.6 Å². The number of carbonyl (C=O) groups excluding carboxylic acids is 1. The van der Waals surface area contributed by atoms with Gasteiger partial charge in [-0.15, -0.1) is 0 Å². The Morgan fingerprint density at radius 3 is 2.40 bits per heavy atom. The fraction of sp³-hybridized carbons (Fsp3) is 0.467. The summed E-state index contributed by atoms with van der Waals surface area (Å²) in [5.74, 6) is -0.942. The van der Waals surface area contributed by atoms with Crippen molar-refractivity contribution in [2.45, 2.75) is 26.7 Å². The molecule has 0 radical (unpaired) electrons. The minimum atomic E-state index is -0.852. The van der Waals surface area contributed by atoms with Gasteiger partial charge in [0.05, 0.1) is 0 Å². The Morgan fingerprint density at radius 2 is 1.90 bits per heavy atom. The number of benzene rings is 1. The van der Waals surface area contributed by atoms with Crippen molar-refractivity contribution >= 4 is 17.7 Å². The SMILES string of the molecule is CCc1ccc(N(C)C(=O)NCC(C)CC(=O)O)cc1. The molecule has 0 saturated heterocycles. The number of nitrogens with zero attached hydrogens (tertiary/aromatic N) is 1. The Balaban J connectivity index is 2.51. The van der Waals surface area contributed by atoms with Crippen LogP contribution in [0, 0.1) is 5.92 Å². The van der Waals surface area contributed by atoms with Crippen molar-refractivity contribution < 1.29 is 14.7 Å². The van der Waals surface area contributed by atoms with Crippen LogP contribution in [0.15, 0.2) is 24.3 Å². The van der Waals surface area contributed by atoms with E-state index in [9.17, 15) is 9.59 Å². The van der Waals surface area contributed by atoms with E-state index in [1.54, 1.807) is 14.0 Å². The van der Waals surface area contributed by atoms with Gasteiger partial charge in [-0.2, -0.15) is 0 Å². The summed E-state index contributed by atoms with van der Waals surface area (Å²) in [5, 5.41) is 11.4. The lowest BCUT2D eigenvalue weighted by Gasteiger charge is -2.19. The Morgan fingerprint density at radius 1 is 1.30 bits per heavy atom. The zero-order valence-corrected chi connectivity index (χ0v) is 12.2. The third kappa shape index (κ3) is 4.91. The molecule has 0 spiro atoms.